The van der Waals surface area contributed by atoms with Gasteiger partial charge in [0.2, 0.25) is 0 Å². The van der Waals surface area contributed by atoms with Crippen LogP contribution in [0.25, 0.3) is 0 Å². The van der Waals surface area contributed by atoms with Gasteiger partial charge in [-0.15, -0.1) is 0 Å². The van der Waals surface area contributed by atoms with Crippen molar-refractivity contribution in [1.82, 2.24) is 0 Å². The molecule has 0 atom stereocenters. The number of ether oxygens (including phenoxy) is 2. The summed E-state index contributed by atoms with van der Waals surface area (Å²) < 4.78 is 42.5. The molecule has 1 N–H and O–H groups in total. The predicted molar refractivity (Wildman–Crippen MR) is 118 cm³/mol. The minimum atomic E-state index is -4.05. The number of aryl methyl sites for hydroxylation is 1. The van der Waals surface area contributed by atoms with Crippen LogP contribution in [0.2, 0.25) is 0 Å². The van der Waals surface area contributed by atoms with Gasteiger partial charge in [-0.2, -0.15) is 8.42 Å². The number of rotatable bonds is 8. The van der Waals surface area contributed by atoms with Gasteiger partial charge >= 0.3 is 0 Å². The molecule has 0 aromatic heterocycles. The standard InChI is InChI=1S/C23H27NO6S/c1-29-21-9-8-19(13-22(21)30-15-17-4-2-3-5-17)24-14-18-7-6-16(10-11-31(26,27)28)12-20(18)23(24)25/h6-9,12-13,17H,2-5,10-11,14-15H2,1H3,(H,26,27,28). The van der Waals surface area contributed by atoms with E-state index in [0.29, 0.717) is 41.7 Å². The van der Waals surface area contributed by atoms with E-state index < -0.39 is 10.1 Å². The lowest BCUT2D eigenvalue weighted by Crippen LogP contribution is -2.23. The van der Waals surface area contributed by atoms with Gasteiger partial charge < -0.3 is 14.4 Å². The molecule has 166 valence electrons. The minimum Gasteiger partial charge on any atom is -0.493 e. The SMILES string of the molecule is COc1ccc(N2Cc3ccc(CCS(=O)(=O)O)cc3C2=O)cc1OCC1CCCC1. The van der Waals surface area contributed by atoms with Crippen LogP contribution in [0, 0.1) is 5.92 Å². The normalized spacial score (nSPS) is 16.6. The molecule has 0 spiro atoms. The van der Waals surface area contributed by atoms with Gasteiger partial charge in [0.1, 0.15) is 0 Å². The summed E-state index contributed by atoms with van der Waals surface area (Å²) in [6.45, 7) is 1.08. The van der Waals surface area contributed by atoms with Crippen molar-refractivity contribution >= 4 is 21.7 Å². The highest BCUT2D eigenvalue weighted by Crippen LogP contribution is 2.36. The summed E-state index contributed by atoms with van der Waals surface area (Å²) in [6.07, 6.45) is 5.01. The molecular formula is C23H27NO6S. The molecule has 1 saturated carbocycles. The molecule has 1 aliphatic heterocycles. The summed E-state index contributed by atoms with van der Waals surface area (Å²) in [5.74, 6) is 1.31. The Hall–Kier alpha value is -2.58. The first-order chi connectivity index (χ1) is 14.8. The topological polar surface area (TPSA) is 93.1 Å². The first-order valence-electron chi connectivity index (χ1n) is 10.5. The van der Waals surface area contributed by atoms with Gasteiger partial charge in [-0.1, -0.05) is 25.0 Å². The zero-order valence-electron chi connectivity index (χ0n) is 17.5. The summed E-state index contributed by atoms with van der Waals surface area (Å²) in [5, 5.41) is 0. The van der Waals surface area contributed by atoms with Crippen LogP contribution < -0.4 is 14.4 Å². The van der Waals surface area contributed by atoms with Gasteiger partial charge in [-0.25, -0.2) is 0 Å². The Balaban J connectivity index is 1.52. The van der Waals surface area contributed by atoms with Crippen LogP contribution in [0.15, 0.2) is 36.4 Å². The Morgan fingerprint density at radius 3 is 2.58 bits per heavy atom. The van der Waals surface area contributed by atoms with Crippen molar-refractivity contribution in [2.24, 2.45) is 5.92 Å². The van der Waals surface area contributed by atoms with Gasteiger partial charge in [0.25, 0.3) is 16.0 Å². The van der Waals surface area contributed by atoms with E-state index in [4.69, 9.17) is 14.0 Å². The third-order valence-electron chi connectivity index (χ3n) is 6.04. The summed E-state index contributed by atoms with van der Waals surface area (Å²) >= 11 is 0. The third kappa shape index (κ3) is 5.02. The van der Waals surface area contributed by atoms with E-state index in [1.807, 2.05) is 24.3 Å². The van der Waals surface area contributed by atoms with Gasteiger partial charge in [0, 0.05) is 17.3 Å². The average Bonchev–Trinajstić information content (AvgIpc) is 3.38. The second kappa shape index (κ2) is 8.88. The molecular weight excluding hydrogens is 418 g/mol. The third-order valence-corrected chi connectivity index (χ3v) is 6.76. The van der Waals surface area contributed by atoms with Gasteiger partial charge in [0.05, 0.1) is 26.0 Å². The average molecular weight is 446 g/mol. The number of benzene rings is 2. The molecule has 1 amide bonds. The van der Waals surface area contributed by atoms with Crippen molar-refractivity contribution in [3.05, 3.63) is 53.1 Å². The Kier molecular flexibility index (Phi) is 6.20. The molecule has 1 fully saturated rings. The molecule has 0 unspecified atom stereocenters. The monoisotopic (exact) mass is 445 g/mol. The minimum absolute atomic E-state index is 0.143. The summed E-state index contributed by atoms with van der Waals surface area (Å²) in [4.78, 5) is 14.7. The maximum absolute atomic E-state index is 13.1. The number of fused-ring (bicyclic) bond motifs is 1. The first kappa shape index (κ1) is 21.6. The van der Waals surface area contributed by atoms with Crippen LogP contribution in [0.4, 0.5) is 5.69 Å². The lowest BCUT2D eigenvalue weighted by molar-refractivity contribution is 0.0996. The Morgan fingerprint density at radius 2 is 1.87 bits per heavy atom. The van der Waals surface area contributed by atoms with E-state index in [-0.39, 0.29) is 18.1 Å². The molecule has 0 saturated heterocycles. The van der Waals surface area contributed by atoms with Crippen molar-refractivity contribution in [3.63, 3.8) is 0 Å². The molecule has 1 aliphatic carbocycles. The van der Waals surface area contributed by atoms with Crippen LogP contribution in [0.1, 0.15) is 47.2 Å². The van der Waals surface area contributed by atoms with Crippen molar-refractivity contribution in [3.8, 4) is 11.5 Å². The Bertz CT molecular complexity index is 1080. The zero-order chi connectivity index (χ0) is 22.0. The molecule has 1 heterocycles. The summed E-state index contributed by atoms with van der Waals surface area (Å²) in [7, 11) is -2.45. The second-order valence-electron chi connectivity index (χ2n) is 8.22. The van der Waals surface area contributed by atoms with E-state index in [9.17, 15) is 13.2 Å². The van der Waals surface area contributed by atoms with E-state index in [2.05, 4.69) is 0 Å². The van der Waals surface area contributed by atoms with E-state index in [1.54, 1.807) is 24.1 Å². The molecule has 2 aromatic carbocycles. The van der Waals surface area contributed by atoms with Crippen molar-refractivity contribution in [2.45, 2.75) is 38.6 Å². The summed E-state index contributed by atoms with van der Waals surface area (Å²) in [6, 6.07) is 10.8. The molecule has 2 aliphatic rings. The van der Waals surface area contributed by atoms with Crippen molar-refractivity contribution < 1.29 is 27.2 Å². The molecule has 0 radical (unpaired) electrons. The molecule has 2 aromatic rings. The molecule has 8 heteroatoms. The van der Waals surface area contributed by atoms with E-state index >= 15 is 0 Å². The molecule has 0 bridgehead atoms. The van der Waals surface area contributed by atoms with Gasteiger partial charge in [-0.05, 0) is 54.5 Å². The van der Waals surface area contributed by atoms with Gasteiger partial charge in [0.15, 0.2) is 11.5 Å². The number of hydrogen-bond donors (Lipinski definition) is 1. The number of amides is 1. The fourth-order valence-electron chi connectivity index (χ4n) is 4.29. The number of carbonyl (C=O) groups is 1. The van der Waals surface area contributed by atoms with Crippen molar-refractivity contribution in [2.75, 3.05) is 24.4 Å². The maximum atomic E-state index is 13.1. The Morgan fingerprint density at radius 1 is 1.10 bits per heavy atom. The van der Waals surface area contributed by atoms with Crippen LogP contribution in [-0.2, 0) is 23.1 Å². The fourth-order valence-corrected chi connectivity index (χ4v) is 4.78. The highest BCUT2D eigenvalue weighted by molar-refractivity contribution is 7.85. The van der Waals surface area contributed by atoms with E-state index in [1.165, 1.54) is 25.7 Å². The first-order valence-corrected chi connectivity index (χ1v) is 12.1. The van der Waals surface area contributed by atoms with Crippen LogP contribution in [0.5, 0.6) is 11.5 Å². The van der Waals surface area contributed by atoms with Crippen molar-refractivity contribution in [1.29, 1.82) is 0 Å². The lowest BCUT2D eigenvalue weighted by atomic mass is 10.0. The van der Waals surface area contributed by atoms with E-state index in [0.717, 1.165) is 11.3 Å². The smallest absolute Gasteiger partial charge is 0.265 e. The number of anilines is 1. The number of carbonyl (C=O) groups excluding carboxylic acids is 1. The quantitative estimate of drug-likeness (QED) is 0.621. The van der Waals surface area contributed by atoms with Gasteiger partial charge in [-0.3, -0.25) is 9.35 Å². The van der Waals surface area contributed by atoms with Crippen LogP contribution in [0.3, 0.4) is 0 Å². The number of methoxy groups -OCH3 is 1. The molecule has 7 nitrogen and oxygen atoms in total. The van der Waals surface area contributed by atoms with Crippen LogP contribution in [-0.4, -0.2) is 38.3 Å². The highest BCUT2D eigenvalue weighted by Gasteiger charge is 2.29. The number of nitrogens with zero attached hydrogens (tertiary/aromatic N) is 1. The predicted octanol–water partition coefficient (Wildman–Crippen LogP) is 3.85. The molecule has 4 rings (SSSR count). The number of hydrogen-bond acceptors (Lipinski definition) is 5. The van der Waals surface area contributed by atoms with Crippen LogP contribution >= 0.6 is 0 Å². The summed E-state index contributed by atoms with van der Waals surface area (Å²) in [5.41, 5.74) is 2.85. The second-order valence-corrected chi connectivity index (χ2v) is 9.79. The highest BCUT2D eigenvalue weighted by atomic mass is 32.2. The zero-order valence-corrected chi connectivity index (χ0v) is 18.4. The Labute approximate surface area is 182 Å². The fraction of sp³-hybridized carbons (Fsp3) is 0.435. The lowest BCUT2D eigenvalue weighted by Gasteiger charge is -2.19. The largest absolute Gasteiger partial charge is 0.493 e. The maximum Gasteiger partial charge on any atom is 0.265 e. The molecule has 31 heavy (non-hydrogen) atoms.